The van der Waals surface area contributed by atoms with Crippen molar-refractivity contribution in [3.05, 3.63) is 29.6 Å². The van der Waals surface area contributed by atoms with Crippen LogP contribution in [-0.4, -0.2) is 54.4 Å². The topological polar surface area (TPSA) is 70.0 Å². The Balaban J connectivity index is 2.60. The predicted molar refractivity (Wildman–Crippen MR) is 62.9 cm³/mol. The lowest BCUT2D eigenvalue weighted by molar-refractivity contribution is 0.0616. The molecule has 0 aromatic heterocycles. The van der Waals surface area contributed by atoms with E-state index in [4.69, 9.17) is 9.84 Å². The molecule has 0 aliphatic carbocycles. The highest BCUT2D eigenvalue weighted by atomic mass is 19.1. The first-order valence-corrected chi connectivity index (χ1v) is 5.49. The number of phenolic OH excluding ortho intramolecular Hbond substituents is 1. The Morgan fingerprint density at radius 3 is 2.83 bits per heavy atom. The first-order valence-electron chi connectivity index (χ1n) is 5.49. The third-order valence-corrected chi connectivity index (χ3v) is 2.34. The first-order chi connectivity index (χ1) is 8.56. The van der Waals surface area contributed by atoms with Crippen LogP contribution in [0.5, 0.6) is 5.75 Å². The van der Waals surface area contributed by atoms with E-state index in [1.54, 1.807) is 0 Å². The van der Waals surface area contributed by atoms with Crippen molar-refractivity contribution in [3.8, 4) is 5.75 Å². The van der Waals surface area contributed by atoms with Gasteiger partial charge in [-0.25, -0.2) is 4.39 Å². The Morgan fingerprint density at radius 1 is 1.44 bits per heavy atom. The highest BCUT2D eigenvalue weighted by molar-refractivity contribution is 5.96. The molecule has 0 heterocycles. The largest absolute Gasteiger partial charge is 0.507 e. The fourth-order valence-electron chi connectivity index (χ4n) is 1.35. The number of likely N-dealkylation sites (N-methyl/N-ethyl adjacent to an activating group) is 1. The van der Waals surface area contributed by atoms with E-state index in [1.165, 1.54) is 11.9 Å². The molecule has 0 spiro atoms. The summed E-state index contributed by atoms with van der Waals surface area (Å²) in [4.78, 5) is 13.2. The summed E-state index contributed by atoms with van der Waals surface area (Å²) in [7, 11) is 1.52. The predicted octanol–water partition coefficient (Wildman–Crippen LogP) is 0.612. The average Bonchev–Trinajstić information content (AvgIpc) is 2.36. The van der Waals surface area contributed by atoms with Crippen molar-refractivity contribution >= 4 is 5.91 Å². The van der Waals surface area contributed by atoms with Crippen LogP contribution >= 0.6 is 0 Å². The summed E-state index contributed by atoms with van der Waals surface area (Å²) in [6.07, 6.45) is 0. The molecule has 1 aromatic carbocycles. The van der Waals surface area contributed by atoms with Crippen LogP contribution < -0.4 is 0 Å². The van der Waals surface area contributed by atoms with E-state index in [9.17, 15) is 14.3 Å². The lowest BCUT2D eigenvalue weighted by Gasteiger charge is -2.17. The number of hydrogen-bond acceptors (Lipinski definition) is 4. The van der Waals surface area contributed by atoms with Gasteiger partial charge in [-0.05, 0) is 18.2 Å². The van der Waals surface area contributed by atoms with Gasteiger partial charge in [0.2, 0.25) is 0 Å². The Kier molecular flexibility index (Phi) is 5.54. The fourth-order valence-corrected chi connectivity index (χ4v) is 1.35. The van der Waals surface area contributed by atoms with Crippen LogP contribution in [-0.2, 0) is 4.74 Å². The molecule has 100 valence electrons. The van der Waals surface area contributed by atoms with E-state index in [-0.39, 0.29) is 37.7 Å². The zero-order valence-electron chi connectivity index (χ0n) is 10.1. The Bertz CT molecular complexity index is 411. The highest BCUT2D eigenvalue weighted by Gasteiger charge is 2.16. The van der Waals surface area contributed by atoms with Crippen molar-refractivity contribution in [2.24, 2.45) is 0 Å². The number of ether oxygens (including phenoxy) is 1. The van der Waals surface area contributed by atoms with Crippen LogP contribution in [0.25, 0.3) is 0 Å². The molecule has 0 bridgehead atoms. The average molecular weight is 257 g/mol. The number of hydrogen-bond donors (Lipinski definition) is 2. The normalized spacial score (nSPS) is 10.4. The molecule has 0 atom stereocenters. The van der Waals surface area contributed by atoms with Gasteiger partial charge in [0.1, 0.15) is 11.6 Å². The first kappa shape index (κ1) is 14.4. The second kappa shape index (κ2) is 6.93. The number of aromatic hydroxyl groups is 1. The maximum Gasteiger partial charge on any atom is 0.257 e. The lowest BCUT2D eigenvalue weighted by Crippen LogP contribution is -2.30. The van der Waals surface area contributed by atoms with Gasteiger partial charge in [0.25, 0.3) is 5.91 Å². The summed E-state index contributed by atoms with van der Waals surface area (Å²) in [5.41, 5.74) is -0.0836. The van der Waals surface area contributed by atoms with Crippen LogP contribution in [0.15, 0.2) is 18.2 Å². The second-order valence-corrected chi connectivity index (χ2v) is 3.72. The number of benzene rings is 1. The number of amides is 1. The van der Waals surface area contributed by atoms with Gasteiger partial charge in [-0.2, -0.15) is 0 Å². The minimum Gasteiger partial charge on any atom is -0.507 e. The smallest absolute Gasteiger partial charge is 0.257 e. The summed E-state index contributed by atoms with van der Waals surface area (Å²) >= 11 is 0. The number of halogens is 1. The van der Waals surface area contributed by atoms with Gasteiger partial charge in [-0.1, -0.05) is 0 Å². The molecule has 0 aliphatic rings. The lowest BCUT2D eigenvalue weighted by atomic mass is 10.1. The van der Waals surface area contributed by atoms with Crippen molar-refractivity contribution < 1.29 is 24.1 Å². The Morgan fingerprint density at radius 2 is 2.17 bits per heavy atom. The van der Waals surface area contributed by atoms with E-state index in [1.807, 2.05) is 0 Å². The number of rotatable bonds is 6. The zero-order chi connectivity index (χ0) is 13.5. The molecule has 5 nitrogen and oxygen atoms in total. The van der Waals surface area contributed by atoms with Crippen LogP contribution in [0.2, 0.25) is 0 Å². The fraction of sp³-hybridized carbons (Fsp3) is 0.417. The van der Waals surface area contributed by atoms with Crippen LogP contribution in [0.3, 0.4) is 0 Å². The van der Waals surface area contributed by atoms with Gasteiger partial charge >= 0.3 is 0 Å². The summed E-state index contributed by atoms with van der Waals surface area (Å²) in [6.45, 7) is 0.670. The van der Waals surface area contributed by atoms with Crippen LogP contribution in [0, 0.1) is 5.82 Å². The van der Waals surface area contributed by atoms with Crippen molar-refractivity contribution in [1.82, 2.24) is 4.90 Å². The van der Waals surface area contributed by atoms with Gasteiger partial charge in [0, 0.05) is 13.6 Å². The van der Waals surface area contributed by atoms with Gasteiger partial charge < -0.3 is 19.8 Å². The molecule has 1 amide bonds. The summed E-state index contributed by atoms with van der Waals surface area (Å²) < 4.78 is 18.0. The Labute approximate surface area is 104 Å². The summed E-state index contributed by atoms with van der Waals surface area (Å²) in [6, 6.07) is 3.21. The maximum absolute atomic E-state index is 13.0. The molecule has 1 rings (SSSR count). The number of aliphatic hydroxyl groups excluding tert-OH is 1. The van der Waals surface area contributed by atoms with Crippen LogP contribution in [0.1, 0.15) is 10.4 Å². The van der Waals surface area contributed by atoms with E-state index < -0.39 is 11.7 Å². The quantitative estimate of drug-likeness (QED) is 0.733. The van der Waals surface area contributed by atoms with E-state index in [0.717, 1.165) is 18.2 Å². The third-order valence-electron chi connectivity index (χ3n) is 2.34. The molecule has 0 saturated heterocycles. The summed E-state index contributed by atoms with van der Waals surface area (Å²) in [5, 5.41) is 18.0. The van der Waals surface area contributed by atoms with E-state index >= 15 is 0 Å². The standard InChI is InChI=1S/C12H16FNO4/c1-14(4-6-18-7-5-15)12(17)10-8-9(13)2-3-11(10)16/h2-3,8,15-16H,4-7H2,1H3. The molecular weight excluding hydrogens is 241 g/mol. The molecule has 0 radical (unpaired) electrons. The Hall–Kier alpha value is -1.66. The molecule has 0 saturated carbocycles. The molecule has 0 unspecified atom stereocenters. The van der Waals surface area contributed by atoms with Crippen molar-refractivity contribution in [3.63, 3.8) is 0 Å². The van der Waals surface area contributed by atoms with Gasteiger partial charge in [-0.15, -0.1) is 0 Å². The zero-order valence-corrected chi connectivity index (χ0v) is 10.1. The molecular formula is C12H16FNO4. The van der Waals surface area contributed by atoms with Crippen molar-refractivity contribution in [2.45, 2.75) is 0 Å². The van der Waals surface area contributed by atoms with Crippen molar-refractivity contribution in [1.29, 1.82) is 0 Å². The second-order valence-electron chi connectivity index (χ2n) is 3.72. The van der Waals surface area contributed by atoms with Crippen molar-refractivity contribution in [2.75, 3.05) is 33.4 Å². The molecule has 0 fully saturated rings. The summed E-state index contributed by atoms with van der Waals surface area (Å²) in [5.74, 6) is -1.33. The molecule has 0 aliphatic heterocycles. The van der Waals surface area contributed by atoms with E-state index in [0.29, 0.717) is 0 Å². The van der Waals surface area contributed by atoms with E-state index in [2.05, 4.69) is 0 Å². The monoisotopic (exact) mass is 257 g/mol. The maximum atomic E-state index is 13.0. The molecule has 18 heavy (non-hydrogen) atoms. The number of carbonyl (C=O) groups excluding carboxylic acids is 1. The van der Waals surface area contributed by atoms with Gasteiger partial charge in [0.15, 0.2) is 0 Å². The minimum absolute atomic E-state index is 0.0810. The number of aliphatic hydroxyl groups is 1. The third kappa shape index (κ3) is 3.97. The van der Waals surface area contributed by atoms with Crippen LogP contribution in [0.4, 0.5) is 4.39 Å². The van der Waals surface area contributed by atoms with Gasteiger partial charge in [0.05, 0.1) is 25.4 Å². The molecule has 2 N–H and O–H groups in total. The highest BCUT2D eigenvalue weighted by Crippen LogP contribution is 2.19. The molecule has 1 aromatic rings. The van der Waals surface area contributed by atoms with Gasteiger partial charge in [-0.3, -0.25) is 4.79 Å². The number of nitrogens with zero attached hydrogens (tertiary/aromatic N) is 1. The number of carbonyl (C=O) groups is 1. The SMILES string of the molecule is CN(CCOCCO)C(=O)c1cc(F)ccc1O. The minimum atomic E-state index is -0.582. The number of phenols is 1. The molecule has 6 heteroatoms.